The van der Waals surface area contributed by atoms with Crippen molar-refractivity contribution in [3.63, 3.8) is 0 Å². The Labute approximate surface area is 242 Å². The Morgan fingerprint density at radius 2 is 1.63 bits per heavy atom. The average molecular weight is 548 g/mol. The standard InChI is InChI=1S/C35H37N3O3/c1-3-21-36-34(40)31(23-26-13-5-4-6-14-26)38(24-28-15-8-7-12-25(28)2)32(39)20-11-22-37-30-19-10-17-27-16-9-18-29(33(27)30)35(37)41/h4-10,12-19,31H,3,11,20-24H2,1-2H3,(H,36,40)/t31-/m0/s1. The molecule has 1 aliphatic heterocycles. The maximum atomic E-state index is 14.0. The minimum atomic E-state index is -0.650. The maximum Gasteiger partial charge on any atom is 0.258 e. The SMILES string of the molecule is CCCNC(=O)[C@H](Cc1ccccc1)N(Cc1ccccc1C)C(=O)CCCN1C(=O)c2cccc3cccc1c23. The molecule has 0 fully saturated rings. The van der Waals surface area contributed by atoms with Crippen molar-refractivity contribution in [3.8, 4) is 0 Å². The van der Waals surface area contributed by atoms with Crippen molar-refractivity contribution in [3.05, 3.63) is 113 Å². The second-order valence-electron chi connectivity index (χ2n) is 10.7. The van der Waals surface area contributed by atoms with E-state index in [1.807, 2.05) is 105 Å². The number of carbonyl (C=O) groups excluding carboxylic acids is 3. The number of nitrogens with zero attached hydrogens (tertiary/aromatic N) is 2. The third-order valence-electron chi connectivity index (χ3n) is 7.84. The van der Waals surface area contributed by atoms with Gasteiger partial charge in [-0.05, 0) is 54.0 Å². The number of amides is 3. The van der Waals surface area contributed by atoms with Crippen molar-refractivity contribution in [1.82, 2.24) is 10.2 Å². The van der Waals surface area contributed by atoms with Crippen LogP contribution in [0.3, 0.4) is 0 Å². The fraction of sp³-hybridized carbons (Fsp3) is 0.286. The van der Waals surface area contributed by atoms with E-state index in [-0.39, 0.29) is 24.1 Å². The molecule has 4 aromatic rings. The third kappa shape index (κ3) is 6.17. The van der Waals surface area contributed by atoms with E-state index in [2.05, 4.69) is 5.32 Å². The number of hydrogen-bond donors (Lipinski definition) is 1. The van der Waals surface area contributed by atoms with Gasteiger partial charge in [-0.3, -0.25) is 14.4 Å². The van der Waals surface area contributed by atoms with E-state index in [0.717, 1.165) is 39.6 Å². The number of carbonyl (C=O) groups is 3. The van der Waals surface area contributed by atoms with E-state index in [4.69, 9.17) is 0 Å². The summed E-state index contributed by atoms with van der Waals surface area (Å²) in [7, 11) is 0. The normalized spacial score (nSPS) is 12.9. The first-order valence-electron chi connectivity index (χ1n) is 14.5. The van der Waals surface area contributed by atoms with Crippen LogP contribution in [0.1, 0.15) is 53.2 Å². The molecule has 5 rings (SSSR count). The molecule has 0 saturated carbocycles. The maximum absolute atomic E-state index is 14.0. The van der Waals surface area contributed by atoms with Gasteiger partial charge >= 0.3 is 0 Å². The predicted octanol–water partition coefficient (Wildman–Crippen LogP) is 6.05. The summed E-state index contributed by atoms with van der Waals surface area (Å²) in [4.78, 5) is 44.3. The number of benzene rings is 4. The van der Waals surface area contributed by atoms with Gasteiger partial charge in [0.1, 0.15) is 6.04 Å². The van der Waals surface area contributed by atoms with Gasteiger partial charge in [-0.25, -0.2) is 0 Å². The van der Waals surface area contributed by atoms with Gasteiger partial charge in [0.15, 0.2) is 0 Å². The zero-order chi connectivity index (χ0) is 28.8. The van der Waals surface area contributed by atoms with Crippen molar-refractivity contribution in [2.24, 2.45) is 0 Å². The molecule has 1 N–H and O–H groups in total. The van der Waals surface area contributed by atoms with Crippen LogP contribution in [0.5, 0.6) is 0 Å². The molecule has 0 radical (unpaired) electrons. The molecule has 6 nitrogen and oxygen atoms in total. The molecule has 0 unspecified atom stereocenters. The molecule has 1 aliphatic rings. The molecule has 4 aromatic carbocycles. The largest absolute Gasteiger partial charge is 0.354 e. The van der Waals surface area contributed by atoms with E-state index in [0.29, 0.717) is 38.0 Å². The molecular weight excluding hydrogens is 510 g/mol. The third-order valence-corrected chi connectivity index (χ3v) is 7.84. The van der Waals surface area contributed by atoms with Crippen molar-refractivity contribution in [2.75, 3.05) is 18.0 Å². The minimum Gasteiger partial charge on any atom is -0.354 e. The van der Waals surface area contributed by atoms with Crippen LogP contribution in [-0.2, 0) is 22.6 Å². The van der Waals surface area contributed by atoms with Gasteiger partial charge in [0.05, 0.1) is 5.69 Å². The molecule has 210 valence electrons. The Bertz CT molecular complexity index is 1540. The molecule has 3 amide bonds. The van der Waals surface area contributed by atoms with Gasteiger partial charge in [0, 0.05) is 43.4 Å². The molecule has 6 heteroatoms. The van der Waals surface area contributed by atoms with E-state index in [1.54, 1.807) is 9.80 Å². The summed E-state index contributed by atoms with van der Waals surface area (Å²) in [6, 6.07) is 28.9. The Balaban J connectivity index is 1.37. The van der Waals surface area contributed by atoms with Crippen LogP contribution in [0.2, 0.25) is 0 Å². The highest BCUT2D eigenvalue weighted by Crippen LogP contribution is 2.37. The monoisotopic (exact) mass is 547 g/mol. The summed E-state index contributed by atoms with van der Waals surface area (Å²) in [5.74, 6) is -0.264. The molecule has 1 atom stereocenters. The highest BCUT2D eigenvalue weighted by molar-refractivity contribution is 6.25. The quantitative estimate of drug-likeness (QED) is 0.235. The zero-order valence-corrected chi connectivity index (χ0v) is 23.8. The second-order valence-corrected chi connectivity index (χ2v) is 10.7. The highest BCUT2D eigenvalue weighted by Gasteiger charge is 2.32. The first-order chi connectivity index (χ1) is 20.0. The molecule has 0 aromatic heterocycles. The van der Waals surface area contributed by atoms with Crippen LogP contribution in [0.25, 0.3) is 10.8 Å². The number of anilines is 1. The second kappa shape index (κ2) is 12.8. The van der Waals surface area contributed by atoms with Crippen molar-refractivity contribution >= 4 is 34.2 Å². The van der Waals surface area contributed by atoms with Crippen LogP contribution in [-0.4, -0.2) is 41.8 Å². The average Bonchev–Trinajstić information content (AvgIpc) is 3.27. The van der Waals surface area contributed by atoms with Crippen molar-refractivity contribution in [1.29, 1.82) is 0 Å². The molecule has 0 saturated heterocycles. The minimum absolute atomic E-state index is 0.0260. The molecular formula is C35H37N3O3. The van der Waals surface area contributed by atoms with Crippen LogP contribution in [0, 0.1) is 6.92 Å². The van der Waals surface area contributed by atoms with Gasteiger partial charge in [0.25, 0.3) is 5.91 Å². The number of rotatable bonds is 12. The van der Waals surface area contributed by atoms with Crippen LogP contribution in [0.4, 0.5) is 5.69 Å². The Hall–Kier alpha value is -4.45. The van der Waals surface area contributed by atoms with Gasteiger partial charge in [-0.2, -0.15) is 0 Å². The van der Waals surface area contributed by atoms with Gasteiger partial charge in [-0.1, -0.05) is 85.8 Å². The summed E-state index contributed by atoms with van der Waals surface area (Å²) >= 11 is 0. The number of hydrogen-bond acceptors (Lipinski definition) is 3. The van der Waals surface area contributed by atoms with Crippen molar-refractivity contribution in [2.45, 2.75) is 52.1 Å². The summed E-state index contributed by atoms with van der Waals surface area (Å²) in [6.45, 7) is 5.37. The number of aryl methyl sites for hydroxylation is 1. The van der Waals surface area contributed by atoms with E-state index < -0.39 is 6.04 Å². The smallest absolute Gasteiger partial charge is 0.258 e. The summed E-state index contributed by atoms with van der Waals surface area (Å²) in [6.07, 6.45) is 1.96. The van der Waals surface area contributed by atoms with Gasteiger partial charge in [0.2, 0.25) is 11.8 Å². The lowest BCUT2D eigenvalue weighted by Crippen LogP contribution is -2.50. The lowest BCUT2D eigenvalue weighted by Gasteiger charge is -2.32. The van der Waals surface area contributed by atoms with Crippen molar-refractivity contribution < 1.29 is 14.4 Å². The fourth-order valence-corrected chi connectivity index (χ4v) is 5.62. The molecule has 0 aliphatic carbocycles. The summed E-state index contributed by atoms with van der Waals surface area (Å²) in [5.41, 5.74) is 4.69. The first-order valence-corrected chi connectivity index (χ1v) is 14.5. The molecule has 0 bridgehead atoms. The predicted molar refractivity (Wildman–Crippen MR) is 164 cm³/mol. The molecule has 41 heavy (non-hydrogen) atoms. The Morgan fingerprint density at radius 3 is 2.39 bits per heavy atom. The summed E-state index contributed by atoms with van der Waals surface area (Å²) < 4.78 is 0. The molecule has 0 spiro atoms. The lowest BCUT2D eigenvalue weighted by molar-refractivity contribution is -0.141. The van der Waals surface area contributed by atoms with E-state index in [9.17, 15) is 14.4 Å². The summed E-state index contributed by atoms with van der Waals surface area (Å²) in [5, 5.41) is 5.05. The van der Waals surface area contributed by atoms with E-state index in [1.165, 1.54) is 0 Å². The fourth-order valence-electron chi connectivity index (χ4n) is 5.62. The van der Waals surface area contributed by atoms with Gasteiger partial charge < -0.3 is 15.1 Å². The van der Waals surface area contributed by atoms with Crippen LogP contribution < -0.4 is 10.2 Å². The van der Waals surface area contributed by atoms with Crippen LogP contribution >= 0.6 is 0 Å². The Kier molecular flexibility index (Phi) is 8.78. The zero-order valence-electron chi connectivity index (χ0n) is 23.8. The van der Waals surface area contributed by atoms with Crippen LogP contribution in [0.15, 0.2) is 91.0 Å². The van der Waals surface area contributed by atoms with Gasteiger partial charge in [-0.15, -0.1) is 0 Å². The highest BCUT2D eigenvalue weighted by atomic mass is 16.2. The number of nitrogens with one attached hydrogen (secondary N) is 1. The first kappa shape index (κ1) is 28.1. The topological polar surface area (TPSA) is 69.7 Å². The van der Waals surface area contributed by atoms with E-state index >= 15 is 0 Å². The molecule has 1 heterocycles. The Morgan fingerprint density at radius 1 is 0.902 bits per heavy atom. The lowest BCUT2D eigenvalue weighted by atomic mass is 10.0.